The van der Waals surface area contributed by atoms with Gasteiger partial charge in [0.2, 0.25) is 5.91 Å². The van der Waals surface area contributed by atoms with Gasteiger partial charge in [0.1, 0.15) is 9.47 Å². The van der Waals surface area contributed by atoms with E-state index in [1.807, 2.05) is 0 Å². The minimum absolute atomic E-state index is 0.0665. The fourth-order valence-corrected chi connectivity index (χ4v) is 3.91. The Balaban J connectivity index is 2.17. The number of aryl methyl sites for hydroxylation is 1. The summed E-state index contributed by atoms with van der Waals surface area (Å²) in [6.45, 7) is 4.96. The number of hydrogen-bond acceptors (Lipinski definition) is 8. The number of thiophene rings is 1. The molecule has 0 aliphatic rings. The van der Waals surface area contributed by atoms with Crippen LogP contribution in [0.3, 0.4) is 0 Å². The molecule has 2 aromatic rings. The minimum atomic E-state index is -0.722. The maximum absolute atomic E-state index is 12.4. The molecule has 156 valence electrons. The van der Waals surface area contributed by atoms with Gasteiger partial charge in [-0.3, -0.25) is 9.59 Å². The molecule has 0 atom stereocenters. The van der Waals surface area contributed by atoms with Crippen LogP contribution in [0.5, 0.6) is 0 Å². The smallest absolute Gasteiger partial charge is 0.404 e. The molecule has 2 heterocycles. The van der Waals surface area contributed by atoms with Gasteiger partial charge in [0.05, 0.1) is 34.4 Å². The molecule has 0 radical (unpaired) electrons. The highest BCUT2D eigenvalue weighted by Gasteiger charge is 2.26. The van der Waals surface area contributed by atoms with E-state index in [9.17, 15) is 24.5 Å². The number of primary amides is 1. The number of amides is 2. The SMILES string of the molecule is Cc1c(C(N)=O)sc(NC(=O)CCn2cc(Br)c([N+](=O)[O-])n2)c1C(=O)OC(C)C. The molecule has 0 aliphatic heterocycles. The van der Waals surface area contributed by atoms with Crippen LogP contribution in [-0.2, 0) is 16.1 Å². The Hall–Kier alpha value is -2.80. The highest BCUT2D eigenvalue weighted by atomic mass is 79.9. The van der Waals surface area contributed by atoms with Crippen molar-refractivity contribution in [1.29, 1.82) is 0 Å². The summed E-state index contributed by atoms with van der Waals surface area (Å²) in [6.07, 6.45) is 0.917. The van der Waals surface area contributed by atoms with Gasteiger partial charge in [-0.15, -0.1) is 11.3 Å². The van der Waals surface area contributed by atoms with Gasteiger partial charge in [0.25, 0.3) is 5.91 Å². The van der Waals surface area contributed by atoms with Crippen LogP contribution in [0.2, 0.25) is 0 Å². The number of halogens is 1. The lowest BCUT2D eigenvalue weighted by Crippen LogP contribution is -2.18. The Morgan fingerprint density at radius 3 is 2.62 bits per heavy atom. The van der Waals surface area contributed by atoms with Gasteiger partial charge in [-0.25, -0.2) is 4.79 Å². The van der Waals surface area contributed by atoms with Crippen LogP contribution in [0.4, 0.5) is 10.8 Å². The highest BCUT2D eigenvalue weighted by molar-refractivity contribution is 9.10. The average Bonchev–Trinajstić information content (AvgIpc) is 3.12. The summed E-state index contributed by atoms with van der Waals surface area (Å²) in [6, 6.07) is 0. The van der Waals surface area contributed by atoms with Crippen molar-refractivity contribution in [1.82, 2.24) is 9.78 Å². The number of nitrogens with zero attached hydrogens (tertiary/aromatic N) is 3. The van der Waals surface area contributed by atoms with Gasteiger partial charge in [0, 0.05) is 6.42 Å². The molecule has 2 rings (SSSR count). The van der Waals surface area contributed by atoms with Crippen molar-refractivity contribution in [3.05, 3.63) is 36.8 Å². The molecule has 11 nitrogen and oxygen atoms in total. The van der Waals surface area contributed by atoms with Crippen molar-refractivity contribution in [2.75, 3.05) is 5.32 Å². The van der Waals surface area contributed by atoms with Crippen molar-refractivity contribution in [2.24, 2.45) is 5.73 Å². The summed E-state index contributed by atoms with van der Waals surface area (Å²) in [4.78, 5) is 46.7. The molecular formula is C16H18BrN5O6S. The minimum Gasteiger partial charge on any atom is -0.459 e. The topological polar surface area (TPSA) is 159 Å². The predicted molar refractivity (Wildman–Crippen MR) is 108 cm³/mol. The van der Waals surface area contributed by atoms with Crippen LogP contribution in [0.25, 0.3) is 0 Å². The molecule has 0 saturated heterocycles. The maximum atomic E-state index is 12.4. The summed E-state index contributed by atoms with van der Waals surface area (Å²) in [5, 5.41) is 17.3. The second-order valence-corrected chi connectivity index (χ2v) is 8.07. The predicted octanol–water partition coefficient (Wildman–Crippen LogP) is 2.62. The van der Waals surface area contributed by atoms with E-state index in [-0.39, 0.29) is 38.7 Å². The third-order valence-electron chi connectivity index (χ3n) is 3.61. The molecule has 2 aromatic heterocycles. The second-order valence-electron chi connectivity index (χ2n) is 6.20. The average molecular weight is 488 g/mol. The van der Waals surface area contributed by atoms with Gasteiger partial charge in [-0.1, -0.05) is 0 Å². The van der Waals surface area contributed by atoms with E-state index in [1.54, 1.807) is 20.8 Å². The Morgan fingerprint density at radius 1 is 1.45 bits per heavy atom. The van der Waals surface area contributed by atoms with Gasteiger partial charge < -0.3 is 25.9 Å². The van der Waals surface area contributed by atoms with E-state index >= 15 is 0 Å². The van der Waals surface area contributed by atoms with E-state index in [0.29, 0.717) is 5.56 Å². The molecule has 3 N–H and O–H groups in total. The Morgan fingerprint density at radius 2 is 2.10 bits per heavy atom. The number of hydrogen-bond donors (Lipinski definition) is 2. The van der Waals surface area contributed by atoms with Crippen molar-refractivity contribution in [2.45, 2.75) is 39.8 Å². The van der Waals surface area contributed by atoms with Gasteiger partial charge in [-0.2, -0.15) is 4.68 Å². The van der Waals surface area contributed by atoms with Crippen LogP contribution in [-0.4, -0.2) is 38.6 Å². The Labute approximate surface area is 177 Å². The van der Waals surface area contributed by atoms with Gasteiger partial charge in [-0.05, 0) is 47.2 Å². The second kappa shape index (κ2) is 9.13. The zero-order valence-electron chi connectivity index (χ0n) is 15.7. The maximum Gasteiger partial charge on any atom is 0.404 e. The first-order valence-corrected chi connectivity index (χ1v) is 9.93. The molecule has 0 unspecified atom stereocenters. The monoisotopic (exact) mass is 487 g/mol. The molecule has 13 heteroatoms. The molecule has 0 saturated carbocycles. The van der Waals surface area contributed by atoms with E-state index < -0.39 is 28.8 Å². The number of anilines is 1. The summed E-state index contributed by atoms with van der Waals surface area (Å²) in [5.41, 5.74) is 5.74. The Kier molecular flexibility index (Phi) is 7.08. The quantitative estimate of drug-likeness (QED) is 0.328. The van der Waals surface area contributed by atoms with Crippen LogP contribution in [0.15, 0.2) is 10.7 Å². The first kappa shape index (κ1) is 22.5. The highest BCUT2D eigenvalue weighted by Crippen LogP contribution is 2.34. The van der Waals surface area contributed by atoms with Crippen LogP contribution >= 0.6 is 27.3 Å². The number of carbonyl (C=O) groups excluding carboxylic acids is 3. The number of ether oxygens (including phenoxy) is 1. The van der Waals surface area contributed by atoms with Gasteiger partial charge in [0.15, 0.2) is 0 Å². The summed E-state index contributed by atoms with van der Waals surface area (Å²) >= 11 is 3.91. The number of nitrogens with two attached hydrogens (primary N) is 1. The van der Waals surface area contributed by atoms with Crippen molar-refractivity contribution in [3.8, 4) is 0 Å². The normalized spacial score (nSPS) is 10.8. The van der Waals surface area contributed by atoms with E-state index in [4.69, 9.17) is 10.5 Å². The molecule has 0 fully saturated rings. The fourth-order valence-electron chi connectivity index (χ4n) is 2.39. The van der Waals surface area contributed by atoms with E-state index in [1.165, 1.54) is 10.9 Å². The lowest BCUT2D eigenvalue weighted by Gasteiger charge is -2.10. The van der Waals surface area contributed by atoms with Crippen LogP contribution in [0, 0.1) is 17.0 Å². The molecule has 0 aliphatic carbocycles. The summed E-state index contributed by atoms with van der Waals surface area (Å²) in [5.74, 6) is -2.23. The number of rotatable bonds is 8. The lowest BCUT2D eigenvalue weighted by atomic mass is 10.1. The molecular weight excluding hydrogens is 470 g/mol. The van der Waals surface area contributed by atoms with Crippen LogP contribution < -0.4 is 11.1 Å². The molecule has 2 amide bonds. The van der Waals surface area contributed by atoms with Gasteiger partial charge >= 0.3 is 11.8 Å². The zero-order valence-corrected chi connectivity index (χ0v) is 18.1. The number of carbonyl (C=O) groups is 3. The van der Waals surface area contributed by atoms with Crippen molar-refractivity contribution in [3.63, 3.8) is 0 Å². The number of aromatic nitrogens is 2. The first-order valence-electron chi connectivity index (χ1n) is 8.32. The molecule has 0 bridgehead atoms. The van der Waals surface area contributed by atoms with Crippen molar-refractivity contribution >= 4 is 55.9 Å². The summed E-state index contributed by atoms with van der Waals surface area (Å²) < 4.78 is 6.63. The third kappa shape index (κ3) is 5.38. The molecule has 0 aromatic carbocycles. The van der Waals surface area contributed by atoms with Crippen LogP contribution in [0.1, 0.15) is 45.9 Å². The third-order valence-corrected chi connectivity index (χ3v) is 5.39. The summed E-state index contributed by atoms with van der Waals surface area (Å²) in [7, 11) is 0. The first-order chi connectivity index (χ1) is 13.5. The number of nitrogens with one attached hydrogen (secondary N) is 1. The molecule has 29 heavy (non-hydrogen) atoms. The fraction of sp³-hybridized carbons (Fsp3) is 0.375. The van der Waals surface area contributed by atoms with E-state index in [0.717, 1.165) is 11.3 Å². The zero-order chi connectivity index (χ0) is 21.9. The largest absolute Gasteiger partial charge is 0.459 e. The standard InChI is InChI=1S/C16H18BrN5O6S/c1-7(2)28-16(25)11-8(3)12(13(18)24)29-15(11)19-10(23)4-5-21-6-9(17)14(20-21)22(26)27/h6-7H,4-5H2,1-3H3,(H2,18,24)(H,19,23). The Bertz CT molecular complexity index is 983. The number of esters is 1. The van der Waals surface area contributed by atoms with Crippen molar-refractivity contribution < 1.29 is 24.0 Å². The van der Waals surface area contributed by atoms with E-state index in [2.05, 4.69) is 26.3 Å². The number of nitro groups is 1. The lowest BCUT2D eigenvalue weighted by molar-refractivity contribution is -0.390. The molecule has 0 spiro atoms.